The first kappa shape index (κ1) is 16.4. The van der Waals surface area contributed by atoms with Crippen molar-refractivity contribution < 1.29 is 9.18 Å². The number of likely N-dealkylation sites (tertiary alicyclic amines) is 1. The van der Waals surface area contributed by atoms with Crippen molar-refractivity contribution in [1.82, 2.24) is 15.5 Å². The van der Waals surface area contributed by atoms with Gasteiger partial charge < -0.3 is 15.5 Å². The summed E-state index contributed by atoms with van der Waals surface area (Å²) in [5.74, 6) is -0.170. The van der Waals surface area contributed by atoms with Crippen LogP contribution >= 0.6 is 0 Å². The predicted octanol–water partition coefficient (Wildman–Crippen LogP) is 1.56. The van der Waals surface area contributed by atoms with E-state index >= 15 is 0 Å². The van der Waals surface area contributed by atoms with Gasteiger partial charge in [-0.05, 0) is 44.0 Å². The molecule has 3 rings (SSSR count). The number of carbonyl (C=O) groups is 1. The third-order valence-electron chi connectivity index (χ3n) is 5.06. The SMILES string of the molecule is O=C(NCCN1CCCCC1)C1(Cc2ccccc2F)CNC1. The normalized spacial score (nSPS) is 20.7. The van der Waals surface area contributed by atoms with Crippen LogP contribution in [0.4, 0.5) is 4.39 Å². The zero-order valence-corrected chi connectivity index (χ0v) is 13.6. The van der Waals surface area contributed by atoms with Gasteiger partial charge in [-0.2, -0.15) is 0 Å². The van der Waals surface area contributed by atoms with Crippen LogP contribution in [0.25, 0.3) is 0 Å². The molecule has 5 heteroatoms. The van der Waals surface area contributed by atoms with E-state index < -0.39 is 5.41 Å². The lowest BCUT2D eigenvalue weighted by Gasteiger charge is -2.41. The molecule has 2 heterocycles. The second kappa shape index (κ2) is 7.41. The van der Waals surface area contributed by atoms with Gasteiger partial charge in [0.05, 0.1) is 5.41 Å². The molecule has 0 aromatic heterocycles. The first-order valence-corrected chi connectivity index (χ1v) is 8.64. The topological polar surface area (TPSA) is 44.4 Å². The zero-order valence-electron chi connectivity index (χ0n) is 13.6. The molecule has 4 nitrogen and oxygen atoms in total. The molecule has 126 valence electrons. The van der Waals surface area contributed by atoms with Gasteiger partial charge in [-0.15, -0.1) is 0 Å². The highest BCUT2D eigenvalue weighted by Crippen LogP contribution is 2.29. The van der Waals surface area contributed by atoms with Gasteiger partial charge in [0, 0.05) is 26.2 Å². The Balaban J connectivity index is 1.52. The lowest BCUT2D eigenvalue weighted by atomic mass is 9.75. The van der Waals surface area contributed by atoms with E-state index in [0.29, 0.717) is 31.6 Å². The summed E-state index contributed by atoms with van der Waals surface area (Å²) in [6.07, 6.45) is 4.30. The minimum Gasteiger partial charge on any atom is -0.354 e. The van der Waals surface area contributed by atoms with E-state index in [1.807, 2.05) is 6.07 Å². The quantitative estimate of drug-likeness (QED) is 0.836. The Hall–Kier alpha value is -1.46. The Morgan fingerprint density at radius 3 is 2.61 bits per heavy atom. The highest BCUT2D eigenvalue weighted by atomic mass is 19.1. The van der Waals surface area contributed by atoms with E-state index in [1.54, 1.807) is 12.1 Å². The molecule has 2 aliphatic heterocycles. The maximum absolute atomic E-state index is 13.9. The van der Waals surface area contributed by atoms with Crippen LogP contribution in [0.15, 0.2) is 24.3 Å². The Morgan fingerprint density at radius 2 is 1.96 bits per heavy atom. The Kier molecular flexibility index (Phi) is 5.28. The van der Waals surface area contributed by atoms with Gasteiger partial charge in [-0.3, -0.25) is 4.79 Å². The van der Waals surface area contributed by atoms with Gasteiger partial charge >= 0.3 is 0 Å². The first-order valence-electron chi connectivity index (χ1n) is 8.64. The van der Waals surface area contributed by atoms with Gasteiger partial charge in [-0.25, -0.2) is 4.39 Å². The molecular weight excluding hydrogens is 293 g/mol. The van der Waals surface area contributed by atoms with Crippen molar-refractivity contribution in [2.75, 3.05) is 39.3 Å². The van der Waals surface area contributed by atoms with E-state index in [2.05, 4.69) is 15.5 Å². The molecule has 2 saturated heterocycles. The molecule has 0 atom stereocenters. The number of amides is 1. The number of nitrogens with one attached hydrogen (secondary N) is 2. The van der Waals surface area contributed by atoms with Crippen molar-refractivity contribution in [3.05, 3.63) is 35.6 Å². The molecule has 0 radical (unpaired) electrons. The second-order valence-electron chi connectivity index (χ2n) is 6.81. The monoisotopic (exact) mass is 319 g/mol. The Morgan fingerprint density at radius 1 is 1.22 bits per heavy atom. The van der Waals surface area contributed by atoms with Crippen molar-refractivity contribution in [3.8, 4) is 0 Å². The van der Waals surface area contributed by atoms with Crippen LogP contribution in [0.1, 0.15) is 24.8 Å². The number of halogens is 1. The van der Waals surface area contributed by atoms with Gasteiger partial charge in [0.2, 0.25) is 5.91 Å². The first-order chi connectivity index (χ1) is 11.2. The summed E-state index contributed by atoms with van der Waals surface area (Å²) < 4.78 is 13.9. The molecule has 0 unspecified atom stereocenters. The third kappa shape index (κ3) is 3.90. The van der Waals surface area contributed by atoms with Crippen molar-refractivity contribution in [1.29, 1.82) is 0 Å². The average molecular weight is 319 g/mol. The molecular formula is C18H26FN3O. The van der Waals surface area contributed by atoms with E-state index in [0.717, 1.165) is 19.6 Å². The maximum atomic E-state index is 13.9. The molecule has 2 fully saturated rings. The number of piperidine rings is 1. The minimum atomic E-state index is -0.496. The molecule has 1 amide bonds. The molecule has 23 heavy (non-hydrogen) atoms. The highest BCUT2D eigenvalue weighted by Gasteiger charge is 2.44. The average Bonchev–Trinajstić information content (AvgIpc) is 2.53. The van der Waals surface area contributed by atoms with Crippen LogP contribution in [0.5, 0.6) is 0 Å². The van der Waals surface area contributed by atoms with Gasteiger partial charge in [-0.1, -0.05) is 24.6 Å². The van der Waals surface area contributed by atoms with Gasteiger partial charge in [0.15, 0.2) is 0 Å². The molecule has 0 bridgehead atoms. The van der Waals surface area contributed by atoms with Crippen LogP contribution in [0.3, 0.4) is 0 Å². The fraction of sp³-hybridized carbons (Fsp3) is 0.611. The Bertz CT molecular complexity index is 539. The summed E-state index contributed by atoms with van der Waals surface area (Å²) in [5.41, 5.74) is 0.129. The van der Waals surface area contributed by atoms with Gasteiger partial charge in [0.1, 0.15) is 5.82 Å². The Labute approximate surface area is 137 Å². The number of carbonyl (C=O) groups excluding carboxylic acids is 1. The number of benzene rings is 1. The summed E-state index contributed by atoms with van der Waals surface area (Å²) in [7, 11) is 0. The largest absolute Gasteiger partial charge is 0.354 e. The summed E-state index contributed by atoms with van der Waals surface area (Å²) in [6.45, 7) is 5.11. The summed E-state index contributed by atoms with van der Waals surface area (Å²) in [5, 5.41) is 6.24. The highest BCUT2D eigenvalue weighted by molar-refractivity contribution is 5.84. The minimum absolute atomic E-state index is 0.0523. The number of hydrogen-bond donors (Lipinski definition) is 2. The molecule has 2 N–H and O–H groups in total. The van der Waals surface area contributed by atoms with Crippen LogP contribution in [-0.4, -0.2) is 50.1 Å². The van der Waals surface area contributed by atoms with E-state index in [1.165, 1.54) is 25.3 Å². The predicted molar refractivity (Wildman–Crippen MR) is 88.7 cm³/mol. The van der Waals surface area contributed by atoms with Gasteiger partial charge in [0.25, 0.3) is 0 Å². The maximum Gasteiger partial charge on any atom is 0.229 e. The molecule has 1 aromatic carbocycles. The fourth-order valence-electron chi connectivity index (χ4n) is 3.50. The smallest absolute Gasteiger partial charge is 0.229 e. The lowest BCUT2D eigenvalue weighted by molar-refractivity contribution is -0.134. The summed E-state index contributed by atoms with van der Waals surface area (Å²) in [6, 6.07) is 6.75. The zero-order chi connectivity index (χ0) is 16.1. The molecule has 1 aromatic rings. The van der Waals surface area contributed by atoms with Crippen LogP contribution in [-0.2, 0) is 11.2 Å². The van der Waals surface area contributed by atoms with E-state index in [4.69, 9.17) is 0 Å². The van der Waals surface area contributed by atoms with Crippen LogP contribution < -0.4 is 10.6 Å². The number of nitrogens with zero attached hydrogens (tertiary/aromatic N) is 1. The lowest BCUT2D eigenvalue weighted by Crippen LogP contribution is -2.63. The number of rotatable bonds is 6. The molecule has 0 aliphatic carbocycles. The third-order valence-corrected chi connectivity index (χ3v) is 5.06. The molecule has 0 spiro atoms. The van der Waals surface area contributed by atoms with Crippen molar-refractivity contribution >= 4 is 5.91 Å². The fourth-order valence-corrected chi connectivity index (χ4v) is 3.50. The van der Waals surface area contributed by atoms with Crippen molar-refractivity contribution in [2.45, 2.75) is 25.7 Å². The van der Waals surface area contributed by atoms with Crippen molar-refractivity contribution in [2.24, 2.45) is 5.41 Å². The summed E-state index contributed by atoms with van der Waals surface area (Å²) >= 11 is 0. The van der Waals surface area contributed by atoms with E-state index in [9.17, 15) is 9.18 Å². The van der Waals surface area contributed by atoms with E-state index in [-0.39, 0.29) is 11.7 Å². The molecule has 0 saturated carbocycles. The number of hydrogen-bond acceptors (Lipinski definition) is 3. The standard InChI is InChI=1S/C18H26FN3O/c19-16-7-3-2-6-15(16)12-18(13-20-14-18)17(23)21-8-11-22-9-4-1-5-10-22/h2-3,6-7,20H,1,4-5,8-14H2,(H,21,23). The van der Waals surface area contributed by atoms with Crippen LogP contribution in [0, 0.1) is 11.2 Å². The van der Waals surface area contributed by atoms with Crippen LogP contribution in [0.2, 0.25) is 0 Å². The summed E-state index contributed by atoms with van der Waals surface area (Å²) in [4.78, 5) is 15.0. The molecule has 2 aliphatic rings. The second-order valence-corrected chi connectivity index (χ2v) is 6.81. The van der Waals surface area contributed by atoms with Crippen molar-refractivity contribution in [3.63, 3.8) is 0 Å².